The number of rotatable bonds is 7. The van der Waals surface area contributed by atoms with Crippen LogP contribution in [0.15, 0.2) is 36.8 Å². The Hall–Kier alpha value is -2.88. The average molecular weight is 504 g/mol. The number of para-hydroxylation sites is 1. The Morgan fingerprint density at radius 3 is 2.56 bits per heavy atom. The summed E-state index contributed by atoms with van der Waals surface area (Å²) in [5, 5.41) is 11.0. The summed E-state index contributed by atoms with van der Waals surface area (Å²) in [4.78, 5) is 24.0. The molecule has 1 aromatic carbocycles. The van der Waals surface area contributed by atoms with E-state index in [0.29, 0.717) is 27.7 Å². The molecule has 0 bridgehead atoms. The summed E-state index contributed by atoms with van der Waals surface area (Å²) in [5.41, 5.74) is 1.24. The normalized spacial score (nSPS) is 14.9. The van der Waals surface area contributed by atoms with Crippen molar-refractivity contribution >= 4 is 46.4 Å². The number of carbonyl (C=O) groups is 1. The molecule has 180 valence electrons. The molecule has 0 saturated carbocycles. The molecule has 1 fully saturated rings. The molecule has 2 aromatic heterocycles. The van der Waals surface area contributed by atoms with Crippen LogP contribution in [0.5, 0.6) is 5.88 Å². The summed E-state index contributed by atoms with van der Waals surface area (Å²) in [6.07, 6.45) is 7.01. The van der Waals surface area contributed by atoms with Crippen LogP contribution in [0.4, 0.5) is 17.3 Å². The number of halogens is 2. The number of aromatic nitrogens is 4. The molecule has 1 saturated heterocycles. The first-order valence-electron chi connectivity index (χ1n) is 11.1. The van der Waals surface area contributed by atoms with E-state index < -0.39 is 5.91 Å². The molecule has 0 atom stereocenters. The standard InChI is InChI=1S/C23H27Cl2N7O2/c1-14(2)34-22-17(21(33)29-20-18(24)5-4-6-19(20)25)12-26-23(30-22)28-15-11-27-32(13-15)16-7-9-31(3)10-8-16/h4-6,11-14,16H,7-10H2,1-3H3,(H,29,33)(H,26,28,30). The third-order valence-electron chi connectivity index (χ3n) is 5.47. The van der Waals surface area contributed by atoms with E-state index in [1.807, 2.05) is 24.7 Å². The summed E-state index contributed by atoms with van der Waals surface area (Å²) < 4.78 is 7.79. The summed E-state index contributed by atoms with van der Waals surface area (Å²) >= 11 is 12.4. The van der Waals surface area contributed by atoms with Crippen LogP contribution in [0.25, 0.3) is 0 Å². The van der Waals surface area contributed by atoms with Gasteiger partial charge in [0.1, 0.15) is 5.56 Å². The maximum atomic E-state index is 13.0. The van der Waals surface area contributed by atoms with Crippen LogP contribution in [0, 0.1) is 0 Å². The molecular weight excluding hydrogens is 477 g/mol. The molecule has 3 heterocycles. The van der Waals surface area contributed by atoms with Crippen LogP contribution in [0.1, 0.15) is 43.1 Å². The van der Waals surface area contributed by atoms with E-state index in [-0.39, 0.29) is 17.5 Å². The quantitative estimate of drug-likeness (QED) is 0.466. The maximum Gasteiger partial charge on any atom is 0.262 e. The van der Waals surface area contributed by atoms with E-state index in [4.69, 9.17) is 27.9 Å². The first-order valence-corrected chi connectivity index (χ1v) is 11.8. The number of nitrogens with one attached hydrogen (secondary N) is 2. The predicted molar refractivity (Wildman–Crippen MR) is 133 cm³/mol. The van der Waals surface area contributed by atoms with Gasteiger partial charge in [0.05, 0.1) is 39.8 Å². The van der Waals surface area contributed by atoms with Gasteiger partial charge in [-0.2, -0.15) is 10.1 Å². The zero-order valence-electron chi connectivity index (χ0n) is 19.3. The lowest BCUT2D eigenvalue weighted by Gasteiger charge is -2.28. The molecule has 0 unspecified atom stereocenters. The van der Waals surface area contributed by atoms with Crippen molar-refractivity contribution in [3.63, 3.8) is 0 Å². The van der Waals surface area contributed by atoms with Crippen molar-refractivity contribution in [1.29, 1.82) is 0 Å². The van der Waals surface area contributed by atoms with Crippen LogP contribution < -0.4 is 15.4 Å². The Kier molecular flexibility index (Phi) is 7.55. The van der Waals surface area contributed by atoms with Gasteiger partial charge in [-0.25, -0.2) is 4.98 Å². The van der Waals surface area contributed by atoms with Crippen molar-refractivity contribution in [3.8, 4) is 5.88 Å². The molecule has 34 heavy (non-hydrogen) atoms. The second kappa shape index (κ2) is 10.6. The van der Waals surface area contributed by atoms with Crippen molar-refractivity contribution in [1.82, 2.24) is 24.6 Å². The number of carbonyl (C=O) groups excluding carboxylic acids is 1. The van der Waals surface area contributed by atoms with Gasteiger partial charge in [0.15, 0.2) is 0 Å². The third-order valence-corrected chi connectivity index (χ3v) is 6.10. The Morgan fingerprint density at radius 2 is 1.88 bits per heavy atom. The number of piperidine rings is 1. The van der Waals surface area contributed by atoms with Crippen LogP contribution in [0.2, 0.25) is 10.0 Å². The summed E-state index contributed by atoms with van der Waals surface area (Å²) in [5.74, 6) is -0.0333. The Morgan fingerprint density at radius 1 is 1.18 bits per heavy atom. The number of benzene rings is 1. The largest absolute Gasteiger partial charge is 0.474 e. The minimum atomic E-state index is -0.479. The average Bonchev–Trinajstić information content (AvgIpc) is 3.25. The molecule has 1 amide bonds. The number of ether oxygens (including phenoxy) is 1. The summed E-state index contributed by atoms with van der Waals surface area (Å²) in [7, 11) is 2.13. The highest BCUT2D eigenvalue weighted by molar-refractivity contribution is 6.40. The fraction of sp³-hybridized carbons (Fsp3) is 0.391. The number of amides is 1. The van der Waals surface area contributed by atoms with Crippen molar-refractivity contribution < 1.29 is 9.53 Å². The van der Waals surface area contributed by atoms with Gasteiger partial charge < -0.3 is 20.3 Å². The molecule has 2 N–H and O–H groups in total. The van der Waals surface area contributed by atoms with Gasteiger partial charge in [-0.15, -0.1) is 0 Å². The third kappa shape index (κ3) is 5.78. The molecule has 0 aliphatic carbocycles. The zero-order valence-corrected chi connectivity index (χ0v) is 20.8. The molecule has 0 radical (unpaired) electrons. The van der Waals surface area contributed by atoms with Crippen LogP contribution in [0.3, 0.4) is 0 Å². The van der Waals surface area contributed by atoms with Crippen molar-refractivity contribution in [2.24, 2.45) is 0 Å². The van der Waals surface area contributed by atoms with Gasteiger partial charge in [0.25, 0.3) is 5.91 Å². The van der Waals surface area contributed by atoms with E-state index >= 15 is 0 Å². The van der Waals surface area contributed by atoms with Gasteiger partial charge in [-0.05, 0) is 59.0 Å². The first kappa shape index (κ1) is 24.3. The van der Waals surface area contributed by atoms with Crippen molar-refractivity contribution in [2.45, 2.75) is 38.8 Å². The fourth-order valence-electron chi connectivity index (χ4n) is 3.68. The summed E-state index contributed by atoms with van der Waals surface area (Å²) in [6, 6.07) is 5.36. The molecule has 11 heteroatoms. The smallest absolute Gasteiger partial charge is 0.262 e. The molecule has 1 aliphatic rings. The maximum absolute atomic E-state index is 13.0. The number of hydrogen-bond acceptors (Lipinski definition) is 7. The molecule has 9 nitrogen and oxygen atoms in total. The molecule has 0 spiro atoms. The van der Waals surface area contributed by atoms with Crippen molar-refractivity contribution in [3.05, 3.63) is 52.4 Å². The van der Waals surface area contributed by atoms with E-state index in [9.17, 15) is 4.79 Å². The molecule has 3 aromatic rings. The van der Waals surface area contributed by atoms with Crippen LogP contribution >= 0.6 is 23.2 Å². The number of hydrogen-bond donors (Lipinski definition) is 2. The minimum absolute atomic E-state index is 0.149. The van der Waals surface area contributed by atoms with Gasteiger partial charge >= 0.3 is 0 Å². The first-order chi connectivity index (χ1) is 16.3. The Bertz CT molecular complexity index is 1140. The van der Waals surface area contributed by atoms with E-state index in [0.717, 1.165) is 31.6 Å². The molecule has 1 aliphatic heterocycles. The van der Waals surface area contributed by atoms with Gasteiger partial charge in [-0.1, -0.05) is 29.3 Å². The van der Waals surface area contributed by atoms with E-state index in [1.54, 1.807) is 24.4 Å². The number of nitrogens with zero attached hydrogens (tertiary/aromatic N) is 5. The Labute approximate surface area is 208 Å². The lowest BCUT2D eigenvalue weighted by atomic mass is 10.1. The monoisotopic (exact) mass is 503 g/mol. The highest BCUT2D eigenvalue weighted by atomic mass is 35.5. The Balaban J connectivity index is 1.52. The minimum Gasteiger partial charge on any atom is -0.474 e. The second-order valence-electron chi connectivity index (χ2n) is 8.50. The zero-order chi connectivity index (χ0) is 24.2. The van der Waals surface area contributed by atoms with Gasteiger partial charge in [0, 0.05) is 12.4 Å². The highest BCUT2D eigenvalue weighted by Crippen LogP contribution is 2.31. The lowest BCUT2D eigenvalue weighted by molar-refractivity contribution is 0.101. The van der Waals surface area contributed by atoms with Crippen molar-refractivity contribution in [2.75, 3.05) is 30.8 Å². The van der Waals surface area contributed by atoms with Gasteiger partial charge in [0.2, 0.25) is 11.8 Å². The van der Waals surface area contributed by atoms with Crippen LogP contribution in [-0.4, -0.2) is 56.8 Å². The van der Waals surface area contributed by atoms with E-state index in [2.05, 4.69) is 37.6 Å². The topological polar surface area (TPSA) is 97.2 Å². The SMILES string of the molecule is CC(C)Oc1nc(Nc2cnn(C3CCN(C)CC3)c2)ncc1C(=O)Nc1c(Cl)cccc1Cl. The van der Waals surface area contributed by atoms with Gasteiger partial charge in [-0.3, -0.25) is 9.48 Å². The molecule has 4 rings (SSSR count). The van der Waals surface area contributed by atoms with Crippen LogP contribution in [-0.2, 0) is 0 Å². The highest BCUT2D eigenvalue weighted by Gasteiger charge is 2.21. The fourth-order valence-corrected chi connectivity index (χ4v) is 4.18. The predicted octanol–water partition coefficient (Wildman–Crippen LogP) is 5.03. The number of likely N-dealkylation sites (tertiary alicyclic amines) is 1. The molecular formula is C23H27Cl2N7O2. The second-order valence-corrected chi connectivity index (χ2v) is 9.31. The number of anilines is 3. The summed E-state index contributed by atoms with van der Waals surface area (Å²) in [6.45, 7) is 5.81. The lowest BCUT2D eigenvalue weighted by Crippen LogP contribution is -2.31. The van der Waals surface area contributed by atoms with E-state index in [1.165, 1.54) is 6.20 Å².